The number of nitrogens with one attached hydrogen (secondary N) is 1. The summed E-state index contributed by atoms with van der Waals surface area (Å²) in [6.45, 7) is 13.9. The van der Waals surface area contributed by atoms with Gasteiger partial charge in [0.1, 0.15) is 22.8 Å². The van der Waals surface area contributed by atoms with Crippen LogP contribution in [0.5, 0.6) is 11.5 Å². The molecule has 5 rings (SSSR count). The number of hydrogen-bond donors (Lipinski definition) is 4. The Morgan fingerprint density at radius 1 is 1.02 bits per heavy atom. The van der Waals surface area contributed by atoms with Gasteiger partial charge in [-0.05, 0) is 69.0 Å². The topological polar surface area (TPSA) is 199 Å². The number of aryl methyl sites for hydroxylation is 1. The second-order valence-electron chi connectivity index (χ2n) is 14.6. The monoisotopic (exact) mass is 732 g/mol. The lowest BCUT2D eigenvalue weighted by molar-refractivity contribution is -0.188. The van der Waals surface area contributed by atoms with E-state index in [4.69, 9.17) is 15.5 Å². The summed E-state index contributed by atoms with van der Waals surface area (Å²) in [5.74, 6) is 0.578. The number of nitrogen functional groups attached to an aromatic ring is 1. The van der Waals surface area contributed by atoms with Crippen molar-refractivity contribution in [2.24, 2.45) is 0 Å². The number of hydrogen-bond acceptors (Lipinski definition) is 11. The van der Waals surface area contributed by atoms with E-state index >= 15 is 0 Å². The maximum atomic E-state index is 12.1. The van der Waals surface area contributed by atoms with Gasteiger partial charge >= 0.3 is 6.47 Å². The third kappa shape index (κ3) is 10.2. The van der Waals surface area contributed by atoms with Gasteiger partial charge in [0.05, 0.1) is 24.2 Å². The Labute approximate surface area is 309 Å². The van der Waals surface area contributed by atoms with E-state index in [9.17, 15) is 29.4 Å². The summed E-state index contributed by atoms with van der Waals surface area (Å²) in [5.41, 5.74) is 9.74. The zero-order chi connectivity index (χ0) is 38.9. The normalized spacial score (nSPS) is 13.4. The van der Waals surface area contributed by atoms with Crippen molar-refractivity contribution in [3.05, 3.63) is 53.3 Å². The first kappa shape index (κ1) is 40.5. The summed E-state index contributed by atoms with van der Waals surface area (Å²) in [6.07, 6.45) is 5.04. The van der Waals surface area contributed by atoms with E-state index in [2.05, 4.69) is 52.6 Å². The predicted molar refractivity (Wildman–Crippen MR) is 201 cm³/mol. The summed E-state index contributed by atoms with van der Waals surface area (Å²) in [4.78, 5) is 56.6. The lowest BCUT2D eigenvalue weighted by Crippen LogP contribution is -2.44. The van der Waals surface area contributed by atoms with Crippen molar-refractivity contribution in [3.8, 4) is 11.5 Å². The van der Waals surface area contributed by atoms with E-state index in [0.29, 0.717) is 54.6 Å². The number of fused-ring (bicyclic) bond motifs is 3. The molecule has 3 heterocycles. The van der Waals surface area contributed by atoms with Crippen molar-refractivity contribution in [2.75, 3.05) is 18.9 Å². The number of rotatable bonds is 16. The molecule has 1 saturated heterocycles. The average molecular weight is 733 g/mol. The minimum absolute atomic E-state index is 0.0567. The maximum Gasteiger partial charge on any atom is 0.321 e. The number of nitrogens with zero attached hydrogens (tertiary/aromatic N) is 4. The Morgan fingerprint density at radius 2 is 1.74 bits per heavy atom. The van der Waals surface area contributed by atoms with Crippen molar-refractivity contribution in [1.82, 2.24) is 24.9 Å². The Kier molecular flexibility index (Phi) is 13.4. The van der Waals surface area contributed by atoms with E-state index in [1.165, 1.54) is 12.1 Å². The van der Waals surface area contributed by atoms with Crippen LogP contribution in [0.4, 0.5) is 5.82 Å². The number of imide groups is 1. The molecule has 0 atom stereocenters. The number of phenols is 2. The molecule has 0 radical (unpaired) electrons. The summed E-state index contributed by atoms with van der Waals surface area (Å²) < 4.78 is 8.27. The highest BCUT2D eigenvalue weighted by atomic mass is 16.7. The molecule has 14 heteroatoms. The third-order valence-corrected chi connectivity index (χ3v) is 9.15. The molecule has 0 spiro atoms. The molecule has 0 saturated carbocycles. The van der Waals surface area contributed by atoms with Crippen LogP contribution in [0.15, 0.2) is 36.4 Å². The molecular formula is C39H52N6O8. The molecule has 2 aromatic heterocycles. The molecule has 5 N–H and O–H groups in total. The van der Waals surface area contributed by atoms with Gasteiger partial charge in [0.15, 0.2) is 5.82 Å². The number of nitrogens with two attached hydrogens (primary N) is 1. The van der Waals surface area contributed by atoms with Gasteiger partial charge in [-0.3, -0.25) is 19.2 Å². The van der Waals surface area contributed by atoms with E-state index in [1.807, 2.05) is 26.8 Å². The quantitative estimate of drug-likeness (QED) is 0.0486. The lowest BCUT2D eigenvalue weighted by Gasteiger charge is -2.29. The fourth-order valence-electron chi connectivity index (χ4n) is 6.13. The summed E-state index contributed by atoms with van der Waals surface area (Å²) in [6, 6.07) is 10.8. The number of pyridine rings is 1. The fraction of sp³-hybridized carbons (Fsp3) is 0.487. The number of benzene rings is 2. The molecule has 1 fully saturated rings. The van der Waals surface area contributed by atoms with Crippen LogP contribution in [0, 0.1) is 0 Å². The zero-order valence-electron chi connectivity index (χ0n) is 31.5. The lowest BCUT2D eigenvalue weighted by atomic mass is 9.84. The van der Waals surface area contributed by atoms with Crippen LogP contribution in [0.2, 0.25) is 0 Å². The molecule has 1 aliphatic rings. The van der Waals surface area contributed by atoms with Crippen molar-refractivity contribution in [2.45, 2.75) is 110 Å². The smallest absolute Gasteiger partial charge is 0.321 e. The minimum Gasteiger partial charge on any atom is -0.508 e. The number of aromatic hydroxyl groups is 2. The number of amides is 3. The van der Waals surface area contributed by atoms with Crippen LogP contribution in [0.3, 0.4) is 0 Å². The minimum atomic E-state index is -0.461. The maximum absolute atomic E-state index is 12.1. The van der Waals surface area contributed by atoms with Crippen LogP contribution in [-0.4, -0.2) is 72.8 Å². The van der Waals surface area contributed by atoms with Crippen LogP contribution < -0.4 is 11.1 Å². The molecule has 1 aliphatic heterocycles. The van der Waals surface area contributed by atoms with Crippen molar-refractivity contribution in [1.29, 1.82) is 0 Å². The molecule has 286 valence electrons. The number of imidazole rings is 1. The van der Waals surface area contributed by atoms with Crippen LogP contribution in [0.25, 0.3) is 21.9 Å². The number of aromatic nitrogens is 3. The Balaban J connectivity index is 0.000000541. The highest BCUT2D eigenvalue weighted by Crippen LogP contribution is 2.35. The average Bonchev–Trinajstić information content (AvgIpc) is 3.62. The number of carbonyl (C=O) groups is 4. The van der Waals surface area contributed by atoms with Gasteiger partial charge in [-0.1, -0.05) is 40.2 Å². The van der Waals surface area contributed by atoms with Crippen LogP contribution in [0.1, 0.15) is 103 Å². The zero-order valence-corrected chi connectivity index (χ0v) is 31.5. The second kappa shape index (κ2) is 17.5. The van der Waals surface area contributed by atoms with E-state index in [1.54, 1.807) is 6.07 Å². The first-order valence-electron chi connectivity index (χ1n) is 18.0. The molecule has 0 bridgehead atoms. The largest absolute Gasteiger partial charge is 0.508 e. The predicted octanol–water partition coefficient (Wildman–Crippen LogP) is 5.57. The first-order chi connectivity index (χ1) is 25.1. The first-order valence-corrected chi connectivity index (χ1v) is 18.0. The van der Waals surface area contributed by atoms with Gasteiger partial charge in [-0.15, -0.1) is 5.06 Å². The van der Waals surface area contributed by atoms with E-state index in [-0.39, 0.29) is 47.7 Å². The van der Waals surface area contributed by atoms with Crippen molar-refractivity contribution in [3.63, 3.8) is 0 Å². The summed E-state index contributed by atoms with van der Waals surface area (Å²) >= 11 is 0. The highest BCUT2D eigenvalue weighted by molar-refractivity contribution is 6.07. The summed E-state index contributed by atoms with van der Waals surface area (Å²) in [7, 11) is 0. The second-order valence-corrected chi connectivity index (χ2v) is 14.6. The van der Waals surface area contributed by atoms with Gasteiger partial charge in [0.25, 0.3) is 11.8 Å². The van der Waals surface area contributed by atoms with Crippen molar-refractivity contribution < 1.29 is 39.0 Å². The summed E-state index contributed by atoms with van der Waals surface area (Å²) in [5, 5.41) is 25.2. The molecule has 0 unspecified atom stereocenters. The Morgan fingerprint density at radius 3 is 2.40 bits per heavy atom. The third-order valence-electron chi connectivity index (χ3n) is 9.15. The molecule has 0 aliphatic carbocycles. The Hall–Kier alpha value is -5.24. The standard InChI is InChI=1S/C34H47N5O4.C5H5NO4/c1-7-9-11-28-37-30-31(39(28)20-22-18-24(40)13-15-27(22)41)25-19-23(12-14-26(25)36-32(30)35)33(3,4)21-43-17-16-34(5,6)38-29(42)10-8-2;7-3-10-6-4(8)1-2-5(6)9/h12-15,18-19,40-41H,7-11,16-17,20-21H2,1-6H3,(H2,35,36)(H,38,42);3H,1-2H2. The molecule has 3 amide bonds. The van der Waals surface area contributed by atoms with Crippen LogP contribution in [-0.2, 0) is 47.1 Å². The van der Waals surface area contributed by atoms with Crippen molar-refractivity contribution >= 4 is 51.9 Å². The molecular weight excluding hydrogens is 680 g/mol. The van der Waals surface area contributed by atoms with Crippen LogP contribution >= 0.6 is 0 Å². The number of phenolic OH excluding ortho intramolecular Hbond substituents is 2. The van der Waals surface area contributed by atoms with Gasteiger partial charge < -0.3 is 35.4 Å². The molecule has 2 aromatic carbocycles. The SMILES string of the molecule is CCCCc1nc2c(N)nc3ccc(C(C)(C)COCCC(C)(C)NC(=O)CCC)cc3c2n1Cc1cc(O)ccc1O.O=CON1C(=O)CCC1=O. The van der Waals surface area contributed by atoms with Gasteiger partial charge in [0.2, 0.25) is 5.91 Å². The number of carbonyl (C=O) groups excluding carboxylic acids is 4. The number of ether oxygens (including phenoxy) is 1. The molecule has 53 heavy (non-hydrogen) atoms. The molecule has 14 nitrogen and oxygen atoms in total. The molecule has 4 aromatic rings. The van der Waals surface area contributed by atoms with Gasteiger partial charge in [-0.25, -0.2) is 9.97 Å². The highest BCUT2D eigenvalue weighted by Gasteiger charge is 2.31. The van der Waals surface area contributed by atoms with E-state index < -0.39 is 11.8 Å². The number of unbranched alkanes of at least 4 members (excludes halogenated alkanes) is 1. The van der Waals surface area contributed by atoms with Gasteiger partial charge in [-0.2, -0.15) is 0 Å². The fourth-order valence-corrected chi connectivity index (χ4v) is 6.13. The van der Waals surface area contributed by atoms with E-state index in [0.717, 1.165) is 53.5 Å². The van der Waals surface area contributed by atoms with Gasteiger partial charge in [0, 0.05) is 54.2 Å². The number of anilines is 1. The number of hydroxylamine groups is 2. The Bertz CT molecular complexity index is 1940.